The van der Waals surface area contributed by atoms with Gasteiger partial charge in [0.1, 0.15) is 0 Å². The standard InChI is InChI=1S/C6H12N2O3S/c7-8-5(9)6(12(10)11)3-1-2-4-6/h1-4,7H2,(H,8,9)(H,10,11). The Bertz CT molecular complexity index is 213. The van der Waals surface area contributed by atoms with Crippen LogP contribution in [0.4, 0.5) is 0 Å². The number of amides is 1. The first-order valence-electron chi connectivity index (χ1n) is 3.75. The van der Waals surface area contributed by atoms with Crippen molar-refractivity contribution in [3.8, 4) is 0 Å². The molecule has 1 fully saturated rings. The summed E-state index contributed by atoms with van der Waals surface area (Å²) in [6.07, 6.45) is 2.50. The molecular weight excluding hydrogens is 180 g/mol. The molecular formula is C6H12N2O3S. The molecule has 1 amide bonds. The van der Waals surface area contributed by atoms with Crippen molar-refractivity contribution in [3.05, 3.63) is 0 Å². The molecule has 12 heavy (non-hydrogen) atoms. The molecule has 0 aliphatic heterocycles. The fourth-order valence-electron chi connectivity index (χ4n) is 1.56. The van der Waals surface area contributed by atoms with Crippen LogP contribution in [0.5, 0.6) is 0 Å². The first-order chi connectivity index (χ1) is 5.63. The van der Waals surface area contributed by atoms with Gasteiger partial charge in [0.15, 0.2) is 15.8 Å². The molecule has 0 aromatic carbocycles. The highest BCUT2D eigenvalue weighted by Crippen LogP contribution is 2.34. The van der Waals surface area contributed by atoms with Gasteiger partial charge >= 0.3 is 0 Å². The van der Waals surface area contributed by atoms with E-state index in [-0.39, 0.29) is 0 Å². The van der Waals surface area contributed by atoms with Gasteiger partial charge in [-0.3, -0.25) is 10.2 Å². The largest absolute Gasteiger partial charge is 0.305 e. The van der Waals surface area contributed by atoms with Gasteiger partial charge in [0.2, 0.25) is 0 Å². The molecule has 5 nitrogen and oxygen atoms in total. The number of nitrogens with two attached hydrogens (primary N) is 1. The van der Waals surface area contributed by atoms with E-state index in [1.54, 1.807) is 0 Å². The van der Waals surface area contributed by atoms with Crippen LogP contribution in [0.3, 0.4) is 0 Å². The lowest BCUT2D eigenvalue weighted by Crippen LogP contribution is -2.50. The van der Waals surface area contributed by atoms with Crippen LogP contribution in [0.1, 0.15) is 25.7 Å². The Morgan fingerprint density at radius 1 is 1.50 bits per heavy atom. The van der Waals surface area contributed by atoms with Crippen LogP contribution < -0.4 is 11.3 Å². The minimum absolute atomic E-state index is 0.444. The molecule has 1 atom stereocenters. The van der Waals surface area contributed by atoms with Crippen LogP contribution in [-0.2, 0) is 15.9 Å². The van der Waals surface area contributed by atoms with Gasteiger partial charge in [0.05, 0.1) is 0 Å². The molecule has 1 unspecified atom stereocenters. The summed E-state index contributed by atoms with van der Waals surface area (Å²) in [5.41, 5.74) is 1.94. The first-order valence-corrected chi connectivity index (χ1v) is 4.86. The zero-order chi connectivity index (χ0) is 9.19. The van der Waals surface area contributed by atoms with Gasteiger partial charge in [-0.05, 0) is 12.8 Å². The van der Waals surface area contributed by atoms with Gasteiger partial charge < -0.3 is 4.55 Å². The third kappa shape index (κ3) is 1.37. The van der Waals surface area contributed by atoms with E-state index in [1.165, 1.54) is 0 Å². The predicted molar refractivity (Wildman–Crippen MR) is 44.3 cm³/mol. The number of hydrazine groups is 1. The van der Waals surface area contributed by atoms with Gasteiger partial charge in [-0.1, -0.05) is 12.8 Å². The quantitative estimate of drug-likeness (QED) is 0.238. The van der Waals surface area contributed by atoms with Gasteiger partial charge in [-0.2, -0.15) is 0 Å². The highest BCUT2D eigenvalue weighted by atomic mass is 32.2. The van der Waals surface area contributed by atoms with E-state index >= 15 is 0 Å². The number of rotatable bonds is 2. The summed E-state index contributed by atoms with van der Waals surface area (Å²) in [7, 11) is 0. The lowest BCUT2D eigenvalue weighted by molar-refractivity contribution is -0.123. The maximum Gasteiger partial charge on any atom is 0.255 e. The summed E-state index contributed by atoms with van der Waals surface area (Å²) in [5.74, 6) is 4.40. The van der Waals surface area contributed by atoms with E-state index < -0.39 is 21.7 Å². The normalized spacial score (nSPS) is 23.5. The number of carbonyl (C=O) groups excluding carboxylic acids is 1. The molecule has 0 radical (unpaired) electrons. The molecule has 0 heterocycles. The fourth-order valence-corrected chi connectivity index (χ4v) is 2.41. The average molecular weight is 192 g/mol. The number of hydrogen-bond donors (Lipinski definition) is 3. The number of nitrogens with one attached hydrogen (secondary N) is 1. The van der Waals surface area contributed by atoms with Gasteiger partial charge in [0, 0.05) is 0 Å². The molecule has 0 aromatic rings. The number of hydrogen-bond acceptors (Lipinski definition) is 3. The van der Waals surface area contributed by atoms with Crippen LogP contribution in [-0.4, -0.2) is 19.4 Å². The highest BCUT2D eigenvalue weighted by molar-refractivity contribution is 7.81. The van der Waals surface area contributed by atoms with Crippen LogP contribution in [0.15, 0.2) is 0 Å². The van der Waals surface area contributed by atoms with Crippen LogP contribution in [0, 0.1) is 0 Å². The molecule has 0 aromatic heterocycles. The average Bonchev–Trinajstić information content (AvgIpc) is 2.52. The third-order valence-corrected chi connectivity index (χ3v) is 3.55. The second-order valence-corrected chi connectivity index (χ2v) is 4.20. The molecule has 70 valence electrons. The van der Waals surface area contributed by atoms with E-state index in [2.05, 4.69) is 0 Å². The van der Waals surface area contributed by atoms with E-state index in [4.69, 9.17) is 10.4 Å². The van der Waals surface area contributed by atoms with E-state index in [1.807, 2.05) is 5.43 Å². The van der Waals surface area contributed by atoms with Crippen molar-refractivity contribution in [2.24, 2.45) is 5.84 Å². The zero-order valence-corrected chi connectivity index (χ0v) is 7.39. The Hall–Kier alpha value is -0.460. The minimum atomic E-state index is -2.12. The molecule has 1 saturated carbocycles. The fraction of sp³-hybridized carbons (Fsp3) is 0.833. The molecule has 1 aliphatic carbocycles. The zero-order valence-electron chi connectivity index (χ0n) is 6.58. The Morgan fingerprint density at radius 3 is 2.33 bits per heavy atom. The van der Waals surface area contributed by atoms with Crippen LogP contribution in [0.2, 0.25) is 0 Å². The van der Waals surface area contributed by atoms with Crippen molar-refractivity contribution < 1.29 is 13.6 Å². The second kappa shape index (κ2) is 3.51. The summed E-state index contributed by atoms with van der Waals surface area (Å²) in [6.45, 7) is 0. The summed E-state index contributed by atoms with van der Waals surface area (Å²) in [5, 5.41) is 0. The van der Waals surface area contributed by atoms with Gasteiger partial charge in [0.25, 0.3) is 5.91 Å². The highest BCUT2D eigenvalue weighted by Gasteiger charge is 2.46. The third-order valence-electron chi connectivity index (χ3n) is 2.29. The molecule has 0 spiro atoms. The predicted octanol–water partition coefficient (Wildman–Crippen LogP) is -0.489. The van der Waals surface area contributed by atoms with E-state index in [0.29, 0.717) is 12.8 Å². The van der Waals surface area contributed by atoms with E-state index in [9.17, 15) is 9.00 Å². The molecule has 0 bridgehead atoms. The van der Waals surface area contributed by atoms with Crippen molar-refractivity contribution in [3.63, 3.8) is 0 Å². The van der Waals surface area contributed by atoms with Crippen molar-refractivity contribution in [2.45, 2.75) is 30.4 Å². The topological polar surface area (TPSA) is 92.4 Å². The van der Waals surface area contributed by atoms with Crippen molar-refractivity contribution in [1.29, 1.82) is 0 Å². The smallest absolute Gasteiger partial charge is 0.255 e. The maximum absolute atomic E-state index is 11.2. The van der Waals surface area contributed by atoms with Gasteiger partial charge in [-0.15, -0.1) is 0 Å². The summed E-state index contributed by atoms with van der Waals surface area (Å²) in [6, 6.07) is 0. The number of carbonyl (C=O) groups is 1. The van der Waals surface area contributed by atoms with Gasteiger partial charge in [-0.25, -0.2) is 10.1 Å². The van der Waals surface area contributed by atoms with E-state index in [0.717, 1.165) is 12.8 Å². The molecule has 4 N–H and O–H groups in total. The lowest BCUT2D eigenvalue weighted by atomic mass is 10.1. The van der Waals surface area contributed by atoms with Crippen LogP contribution in [0.25, 0.3) is 0 Å². The molecule has 1 rings (SSSR count). The van der Waals surface area contributed by atoms with Crippen molar-refractivity contribution in [1.82, 2.24) is 5.43 Å². The maximum atomic E-state index is 11.2. The minimum Gasteiger partial charge on any atom is -0.305 e. The molecule has 1 aliphatic rings. The second-order valence-electron chi connectivity index (χ2n) is 2.92. The molecule has 6 heteroatoms. The lowest BCUT2D eigenvalue weighted by Gasteiger charge is -2.21. The Morgan fingerprint density at radius 2 is 2.00 bits per heavy atom. The SMILES string of the molecule is NNC(=O)C1(S(=O)O)CCCC1. The van der Waals surface area contributed by atoms with Crippen molar-refractivity contribution >= 4 is 17.0 Å². The first kappa shape index (κ1) is 9.63. The van der Waals surface area contributed by atoms with Crippen LogP contribution >= 0.6 is 0 Å². The van der Waals surface area contributed by atoms with Crippen molar-refractivity contribution in [2.75, 3.05) is 0 Å². The Kier molecular flexibility index (Phi) is 2.81. The summed E-state index contributed by atoms with van der Waals surface area (Å²) >= 11 is -2.12. The Labute approximate surface area is 73.0 Å². The Balaban J connectivity index is 2.86. The summed E-state index contributed by atoms with van der Waals surface area (Å²) < 4.78 is 18.7. The molecule has 0 saturated heterocycles. The monoisotopic (exact) mass is 192 g/mol. The summed E-state index contributed by atoms with van der Waals surface area (Å²) in [4.78, 5) is 11.2.